The molecule has 240 valence electrons. The summed E-state index contributed by atoms with van der Waals surface area (Å²) in [7, 11) is 0. The Hall–Kier alpha value is -3.87. The second-order valence-electron chi connectivity index (χ2n) is 12.4. The van der Waals surface area contributed by atoms with Crippen molar-refractivity contribution in [3.8, 4) is 0 Å². The van der Waals surface area contributed by atoms with Gasteiger partial charge in [0.25, 0.3) is 0 Å². The number of carbonyl (C=O) groups excluding carboxylic acids is 3. The third-order valence-corrected chi connectivity index (χ3v) is 13.0. The van der Waals surface area contributed by atoms with E-state index in [1.165, 1.54) is 39.4 Å². The minimum atomic E-state index is -4.67. The first kappa shape index (κ1) is 30.5. The number of benzene rings is 3. The number of amides is 3. The zero-order valence-corrected chi connectivity index (χ0v) is 26.7. The lowest BCUT2D eigenvalue weighted by molar-refractivity contribution is -0.137. The monoisotopic (exact) mass is 695 g/mol. The number of aromatic nitrogens is 1. The number of imide groups is 1. The van der Waals surface area contributed by atoms with E-state index in [9.17, 15) is 32.3 Å². The Labute approximate surface area is 279 Å². The summed E-state index contributed by atoms with van der Waals surface area (Å²) >= 11 is 8.70. The Morgan fingerprint density at radius 2 is 1.55 bits per heavy atom. The first-order valence-corrected chi connectivity index (χ1v) is 17.1. The van der Waals surface area contributed by atoms with E-state index in [1.807, 2.05) is 18.2 Å². The molecule has 3 heterocycles. The topological polar surface area (TPSA) is 88.5 Å². The summed E-state index contributed by atoms with van der Waals surface area (Å²) in [5.41, 5.74) is 0.0845. The van der Waals surface area contributed by atoms with Gasteiger partial charge in [-0.3, -0.25) is 28.6 Å². The average Bonchev–Trinajstić information content (AvgIpc) is 3.76. The maximum absolute atomic E-state index is 13.9. The smallest absolute Gasteiger partial charge is 0.324 e. The van der Waals surface area contributed by atoms with E-state index >= 15 is 0 Å². The van der Waals surface area contributed by atoms with Gasteiger partial charge >= 0.3 is 11.0 Å². The molecule has 1 N–H and O–H groups in total. The lowest BCUT2D eigenvalue weighted by Crippen LogP contribution is -2.43. The summed E-state index contributed by atoms with van der Waals surface area (Å²) < 4.78 is 42.1. The fraction of sp³-hybridized carbons (Fsp3) is 0.294. The van der Waals surface area contributed by atoms with Crippen LogP contribution in [0.2, 0.25) is 5.02 Å². The summed E-state index contributed by atoms with van der Waals surface area (Å²) in [6.07, 6.45) is -3.98. The van der Waals surface area contributed by atoms with Gasteiger partial charge in [0.2, 0.25) is 17.7 Å². The lowest BCUT2D eigenvalue weighted by Gasteiger charge is -2.43. The van der Waals surface area contributed by atoms with Crippen LogP contribution in [0.15, 0.2) is 88.7 Å². The second kappa shape index (κ2) is 11.1. The molecule has 47 heavy (non-hydrogen) atoms. The molecule has 3 aromatic carbocycles. The Morgan fingerprint density at radius 3 is 2.26 bits per heavy atom. The van der Waals surface area contributed by atoms with Gasteiger partial charge < -0.3 is 5.32 Å². The summed E-state index contributed by atoms with van der Waals surface area (Å²) in [6, 6.07) is 21.0. The van der Waals surface area contributed by atoms with Crippen LogP contribution in [0, 0.1) is 29.6 Å². The van der Waals surface area contributed by atoms with E-state index in [1.54, 1.807) is 36.4 Å². The van der Waals surface area contributed by atoms with Gasteiger partial charge in [-0.2, -0.15) is 13.2 Å². The van der Waals surface area contributed by atoms with Gasteiger partial charge in [0.15, 0.2) is 0 Å². The van der Waals surface area contributed by atoms with Crippen molar-refractivity contribution in [1.82, 2.24) is 4.57 Å². The molecular weight excluding hydrogens is 671 g/mol. The SMILES string of the molecule is O=C(Cn1c2c(sc1=O)C(c1ccc(Cl)cc1)C1C3CC(C1S2)C1C(=O)N(c2ccccc2)C(=O)C31)Nc1ccccc1C(F)(F)F. The van der Waals surface area contributed by atoms with E-state index < -0.39 is 40.9 Å². The number of nitrogens with zero attached hydrogens (tertiary/aromatic N) is 2. The van der Waals surface area contributed by atoms with E-state index in [0.717, 1.165) is 27.8 Å². The van der Waals surface area contributed by atoms with Crippen molar-refractivity contribution in [1.29, 1.82) is 0 Å². The summed E-state index contributed by atoms with van der Waals surface area (Å²) in [5, 5.41) is 3.33. The van der Waals surface area contributed by atoms with E-state index in [2.05, 4.69) is 5.32 Å². The lowest BCUT2D eigenvalue weighted by atomic mass is 9.68. The number of nitrogens with one attached hydrogen (secondary N) is 1. The number of thioether (sulfide) groups is 1. The average molecular weight is 696 g/mol. The first-order chi connectivity index (χ1) is 22.5. The maximum atomic E-state index is 13.9. The second-order valence-corrected chi connectivity index (χ2v) is 15.0. The summed E-state index contributed by atoms with van der Waals surface area (Å²) in [5.74, 6) is -2.73. The van der Waals surface area contributed by atoms with Crippen molar-refractivity contribution < 1.29 is 27.6 Å². The molecule has 2 bridgehead atoms. The maximum Gasteiger partial charge on any atom is 0.418 e. The predicted molar refractivity (Wildman–Crippen MR) is 173 cm³/mol. The quantitative estimate of drug-likeness (QED) is 0.230. The number of fused-ring (bicyclic) bond motifs is 9. The summed E-state index contributed by atoms with van der Waals surface area (Å²) in [6.45, 7) is -0.478. The molecule has 2 aliphatic carbocycles. The molecular formula is C34H25ClF3N3O4S2. The van der Waals surface area contributed by atoms with Crippen LogP contribution in [-0.4, -0.2) is 27.5 Å². The molecule has 8 rings (SSSR count). The largest absolute Gasteiger partial charge is 0.418 e. The zero-order valence-electron chi connectivity index (χ0n) is 24.3. The highest BCUT2D eigenvalue weighted by atomic mass is 35.5. The third-order valence-electron chi connectivity index (χ3n) is 10.0. The molecule has 2 aliphatic heterocycles. The van der Waals surface area contributed by atoms with Gasteiger partial charge in [0, 0.05) is 21.1 Å². The molecule has 7 unspecified atom stereocenters. The van der Waals surface area contributed by atoms with Crippen molar-refractivity contribution in [2.45, 2.75) is 35.3 Å². The molecule has 2 saturated carbocycles. The number of halogens is 4. The normalized spacial score (nSPS) is 27.5. The van der Waals surface area contributed by atoms with Gasteiger partial charge in [-0.1, -0.05) is 65.4 Å². The molecule has 4 aromatic rings. The summed E-state index contributed by atoms with van der Waals surface area (Å²) in [4.78, 5) is 56.2. The van der Waals surface area contributed by atoms with Crippen LogP contribution in [0.4, 0.5) is 24.5 Å². The predicted octanol–water partition coefficient (Wildman–Crippen LogP) is 6.90. The van der Waals surface area contributed by atoms with Gasteiger partial charge in [-0.25, -0.2) is 0 Å². The number of carbonyl (C=O) groups is 3. The van der Waals surface area contributed by atoms with E-state index in [-0.39, 0.29) is 46.4 Å². The first-order valence-electron chi connectivity index (χ1n) is 15.1. The van der Waals surface area contributed by atoms with Crippen LogP contribution in [0.5, 0.6) is 0 Å². The highest BCUT2D eigenvalue weighted by Crippen LogP contribution is 2.69. The molecule has 3 fully saturated rings. The zero-order chi connectivity index (χ0) is 32.8. The van der Waals surface area contributed by atoms with Gasteiger partial charge in [-0.15, -0.1) is 11.8 Å². The molecule has 1 saturated heterocycles. The molecule has 13 heteroatoms. The minimum absolute atomic E-state index is 0.0635. The number of hydrogen-bond acceptors (Lipinski definition) is 6. The van der Waals surface area contributed by atoms with Crippen LogP contribution < -0.4 is 15.1 Å². The van der Waals surface area contributed by atoms with E-state index in [4.69, 9.17) is 11.6 Å². The molecule has 7 nitrogen and oxygen atoms in total. The Morgan fingerprint density at radius 1 is 0.894 bits per heavy atom. The number of hydrogen-bond donors (Lipinski definition) is 1. The van der Waals surface area contributed by atoms with Crippen LogP contribution in [0.1, 0.15) is 28.3 Å². The van der Waals surface area contributed by atoms with Crippen molar-refractivity contribution in [2.75, 3.05) is 10.2 Å². The van der Waals surface area contributed by atoms with Gasteiger partial charge in [0.1, 0.15) is 6.54 Å². The minimum Gasteiger partial charge on any atom is -0.324 e. The van der Waals surface area contributed by atoms with Crippen LogP contribution >= 0.6 is 34.7 Å². The molecule has 0 radical (unpaired) electrons. The van der Waals surface area contributed by atoms with Crippen LogP contribution in [0.25, 0.3) is 0 Å². The van der Waals surface area contributed by atoms with Gasteiger partial charge in [0.05, 0.1) is 33.8 Å². The van der Waals surface area contributed by atoms with Gasteiger partial charge in [-0.05, 0) is 66.1 Å². The van der Waals surface area contributed by atoms with E-state index in [0.29, 0.717) is 22.2 Å². The number of para-hydroxylation sites is 2. The molecule has 1 aromatic heterocycles. The van der Waals surface area contributed by atoms with Crippen LogP contribution in [-0.2, 0) is 27.1 Å². The highest BCUT2D eigenvalue weighted by Gasteiger charge is 2.69. The Kier molecular flexibility index (Phi) is 7.19. The third kappa shape index (κ3) is 4.78. The van der Waals surface area contributed by atoms with Crippen molar-refractivity contribution in [3.63, 3.8) is 0 Å². The van der Waals surface area contributed by atoms with Crippen molar-refractivity contribution >= 4 is 63.8 Å². The number of anilines is 2. The number of rotatable bonds is 5. The highest BCUT2D eigenvalue weighted by molar-refractivity contribution is 8.00. The fourth-order valence-corrected chi connectivity index (χ4v) is 11.6. The Balaban J connectivity index is 1.17. The number of thiazole rings is 1. The Bertz CT molecular complexity index is 2000. The fourth-order valence-electron chi connectivity index (χ4n) is 8.30. The standard InChI is InChI=1S/C34H25ClF3N3O4S2/c35-17-12-10-16(11-13-17)24-25-19-14-20(27-26(19)30(43)41(31(27)44)18-6-2-1-3-7-18)28(25)46-32-29(24)47-33(45)40(32)15-23(42)39-22-9-5-4-8-21(22)34(36,37)38/h1-13,19-20,24-28H,14-15H2,(H,39,42). The molecule has 0 spiro atoms. The van der Waals surface area contributed by atoms with Crippen LogP contribution in [0.3, 0.4) is 0 Å². The molecule has 4 aliphatic rings. The number of alkyl halides is 3. The van der Waals surface area contributed by atoms with Crippen molar-refractivity contribution in [2.24, 2.45) is 29.6 Å². The molecule has 3 amide bonds. The molecule has 7 atom stereocenters. The van der Waals surface area contributed by atoms with Crippen molar-refractivity contribution in [3.05, 3.63) is 110 Å².